The molecule has 0 bridgehead atoms. The maximum absolute atomic E-state index is 11.5. The summed E-state index contributed by atoms with van der Waals surface area (Å²) in [6, 6.07) is 5.60. The standard InChI is InChI=1S/C13H19NO3/c1-14(2)13(15)8-5-10-9-11(16-3)6-7-12(10)17-4/h6-7,9H,5,8H2,1-4H3. The molecule has 94 valence electrons. The molecule has 1 aromatic carbocycles. The lowest BCUT2D eigenvalue weighted by atomic mass is 10.1. The van der Waals surface area contributed by atoms with Gasteiger partial charge in [-0.25, -0.2) is 0 Å². The number of hydrogen-bond donors (Lipinski definition) is 0. The molecule has 0 aromatic heterocycles. The van der Waals surface area contributed by atoms with Crippen LogP contribution in [0, 0.1) is 0 Å². The third-order valence-corrected chi connectivity index (χ3v) is 2.59. The first kappa shape index (κ1) is 13.4. The van der Waals surface area contributed by atoms with Crippen molar-refractivity contribution in [1.29, 1.82) is 0 Å². The van der Waals surface area contributed by atoms with Gasteiger partial charge in [0.15, 0.2) is 0 Å². The molecule has 1 aromatic rings. The van der Waals surface area contributed by atoms with Gasteiger partial charge >= 0.3 is 0 Å². The molecule has 0 saturated heterocycles. The lowest BCUT2D eigenvalue weighted by molar-refractivity contribution is -0.128. The van der Waals surface area contributed by atoms with Gasteiger partial charge in [-0.15, -0.1) is 0 Å². The van der Waals surface area contributed by atoms with Gasteiger partial charge in [0.1, 0.15) is 11.5 Å². The van der Waals surface area contributed by atoms with Crippen LogP contribution in [0.2, 0.25) is 0 Å². The molecule has 0 heterocycles. The van der Waals surface area contributed by atoms with Crippen LogP contribution < -0.4 is 9.47 Å². The van der Waals surface area contributed by atoms with E-state index in [0.717, 1.165) is 17.1 Å². The van der Waals surface area contributed by atoms with Gasteiger partial charge in [0.25, 0.3) is 0 Å². The van der Waals surface area contributed by atoms with E-state index in [1.165, 1.54) is 0 Å². The molecule has 0 saturated carbocycles. The van der Waals surface area contributed by atoms with Crippen LogP contribution in [-0.2, 0) is 11.2 Å². The number of hydrogen-bond acceptors (Lipinski definition) is 3. The molecule has 0 aliphatic heterocycles. The molecule has 4 nitrogen and oxygen atoms in total. The Hall–Kier alpha value is -1.71. The Kier molecular flexibility index (Phi) is 4.82. The number of methoxy groups -OCH3 is 2. The topological polar surface area (TPSA) is 38.8 Å². The van der Waals surface area contributed by atoms with Gasteiger partial charge in [-0.3, -0.25) is 4.79 Å². The number of carbonyl (C=O) groups excluding carboxylic acids is 1. The fourth-order valence-corrected chi connectivity index (χ4v) is 1.54. The van der Waals surface area contributed by atoms with E-state index in [2.05, 4.69) is 0 Å². The second-order valence-electron chi connectivity index (χ2n) is 3.97. The minimum absolute atomic E-state index is 0.106. The number of benzene rings is 1. The van der Waals surface area contributed by atoms with Crippen LogP contribution in [0.3, 0.4) is 0 Å². The van der Waals surface area contributed by atoms with Crippen molar-refractivity contribution in [3.63, 3.8) is 0 Å². The summed E-state index contributed by atoms with van der Waals surface area (Å²) >= 11 is 0. The second-order valence-corrected chi connectivity index (χ2v) is 3.97. The smallest absolute Gasteiger partial charge is 0.222 e. The zero-order valence-corrected chi connectivity index (χ0v) is 10.8. The van der Waals surface area contributed by atoms with Gasteiger partial charge < -0.3 is 14.4 Å². The molecule has 0 aliphatic rings. The van der Waals surface area contributed by atoms with Gasteiger partial charge in [-0.1, -0.05) is 0 Å². The lowest BCUT2D eigenvalue weighted by Crippen LogP contribution is -2.21. The highest BCUT2D eigenvalue weighted by Gasteiger charge is 2.09. The van der Waals surface area contributed by atoms with E-state index < -0.39 is 0 Å². The maximum Gasteiger partial charge on any atom is 0.222 e. The van der Waals surface area contributed by atoms with Crippen LogP contribution in [0.5, 0.6) is 11.5 Å². The van der Waals surface area contributed by atoms with Gasteiger partial charge in [0.2, 0.25) is 5.91 Å². The van der Waals surface area contributed by atoms with E-state index in [0.29, 0.717) is 12.8 Å². The fraction of sp³-hybridized carbons (Fsp3) is 0.462. The minimum atomic E-state index is 0.106. The van der Waals surface area contributed by atoms with Crippen molar-refractivity contribution < 1.29 is 14.3 Å². The molecule has 0 N–H and O–H groups in total. The Morgan fingerprint density at radius 2 is 1.94 bits per heavy atom. The summed E-state index contributed by atoms with van der Waals surface area (Å²) in [5.74, 6) is 1.67. The zero-order valence-electron chi connectivity index (χ0n) is 10.8. The molecule has 0 radical (unpaired) electrons. The van der Waals surface area contributed by atoms with Crippen molar-refractivity contribution in [3.05, 3.63) is 23.8 Å². The summed E-state index contributed by atoms with van der Waals surface area (Å²) in [7, 11) is 6.76. The Balaban J connectivity index is 2.77. The first-order valence-corrected chi connectivity index (χ1v) is 5.49. The largest absolute Gasteiger partial charge is 0.497 e. The quantitative estimate of drug-likeness (QED) is 0.782. The highest BCUT2D eigenvalue weighted by atomic mass is 16.5. The first-order valence-electron chi connectivity index (χ1n) is 5.49. The molecule has 0 atom stereocenters. The molecule has 1 rings (SSSR count). The van der Waals surface area contributed by atoms with Gasteiger partial charge in [0, 0.05) is 20.5 Å². The average molecular weight is 237 g/mol. The van der Waals surface area contributed by atoms with Gasteiger partial charge in [-0.2, -0.15) is 0 Å². The zero-order chi connectivity index (χ0) is 12.8. The number of amides is 1. The molecule has 0 unspecified atom stereocenters. The number of ether oxygens (including phenoxy) is 2. The van der Waals surface area contributed by atoms with Gasteiger partial charge in [-0.05, 0) is 30.2 Å². The van der Waals surface area contributed by atoms with Crippen molar-refractivity contribution in [2.75, 3.05) is 28.3 Å². The number of rotatable bonds is 5. The van der Waals surface area contributed by atoms with Crippen LogP contribution in [0.25, 0.3) is 0 Å². The van der Waals surface area contributed by atoms with E-state index in [-0.39, 0.29) is 5.91 Å². The van der Waals surface area contributed by atoms with Crippen LogP contribution >= 0.6 is 0 Å². The molecule has 4 heteroatoms. The molecular weight excluding hydrogens is 218 g/mol. The van der Waals surface area contributed by atoms with E-state index >= 15 is 0 Å². The molecule has 0 aliphatic carbocycles. The third-order valence-electron chi connectivity index (χ3n) is 2.59. The Morgan fingerprint density at radius 1 is 1.24 bits per heavy atom. The third kappa shape index (κ3) is 3.66. The van der Waals surface area contributed by atoms with Crippen LogP contribution in [0.4, 0.5) is 0 Å². The van der Waals surface area contributed by atoms with Crippen molar-refractivity contribution in [1.82, 2.24) is 4.90 Å². The summed E-state index contributed by atoms with van der Waals surface area (Å²) in [4.78, 5) is 13.1. The molecule has 1 amide bonds. The van der Waals surface area contributed by atoms with Gasteiger partial charge in [0.05, 0.1) is 14.2 Å². The van der Waals surface area contributed by atoms with E-state index in [4.69, 9.17) is 9.47 Å². The Bertz CT molecular complexity index is 388. The van der Waals surface area contributed by atoms with Crippen molar-refractivity contribution in [3.8, 4) is 11.5 Å². The predicted molar refractivity (Wildman–Crippen MR) is 66.6 cm³/mol. The Morgan fingerprint density at radius 3 is 2.47 bits per heavy atom. The minimum Gasteiger partial charge on any atom is -0.497 e. The van der Waals surface area contributed by atoms with Crippen LogP contribution in [-0.4, -0.2) is 39.1 Å². The summed E-state index contributed by atoms with van der Waals surface area (Å²) in [5.41, 5.74) is 0.988. The highest BCUT2D eigenvalue weighted by molar-refractivity contribution is 5.75. The number of nitrogens with zero attached hydrogens (tertiary/aromatic N) is 1. The van der Waals surface area contributed by atoms with Crippen molar-refractivity contribution in [2.24, 2.45) is 0 Å². The average Bonchev–Trinajstić information content (AvgIpc) is 2.35. The second kappa shape index (κ2) is 6.13. The van der Waals surface area contributed by atoms with E-state index in [9.17, 15) is 4.79 Å². The van der Waals surface area contributed by atoms with Crippen LogP contribution in [0.15, 0.2) is 18.2 Å². The normalized spacial score (nSPS) is 9.88. The predicted octanol–water partition coefficient (Wildman–Crippen LogP) is 1.72. The Labute approximate surface area is 102 Å². The van der Waals surface area contributed by atoms with Crippen LogP contribution in [0.1, 0.15) is 12.0 Å². The molecule has 17 heavy (non-hydrogen) atoms. The number of aryl methyl sites for hydroxylation is 1. The summed E-state index contributed by atoms with van der Waals surface area (Å²) < 4.78 is 10.4. The monoisotopic (exact) mass is 237 g/mol. The molecule has 0 fully saturated rings. The summed E-state index contributed by atoms with van der Waals surface area (Å²) in [6.45, 7) is 0. The fourth-order valence-electron chi connectivity index (χ4n) is 1.54. The lowest BCUT2D eigenvalue weighted by Gasteiger charge is -2.12. The first-order chi connectivity index (χ1) is 8.08. The van der Waals surface area contributed by atoms with Crippen molar-refractivity contribution in [2.45, 2.75) is 12.8 Å². The molecule has 0 spiro atoms. The highest BCUT2D eigenvalue weighted by Crippen LogP contribution is 2.25. The van der Waals surface area contributed by atoms with E-state index in [1.807, 2.05) is 18.2 Å². The van der Waals surface area contributed by atoms with E-state index in [1.54, 1.807) is 33.2 Å². The number of carbonyl (C=O) groups is 1. The van der Waals surface area contributed by atoms with Crippen molar-refractivity contribution >= 4 is 5.91 Å². The summed E-state index contributed by atoms with van der Waals surface area (Å²) in [6.07, 6.45) is 1.12. The SMILES string of the molecule is COc1ccc(OC)c(CCC(=O)N(C)C)c1. The molecular formula is C13H19NO3. The maximum atomic E-state index is 11.5. The summed E-state index contributed by atoms with van der Waals surface area (Å²) in [5, 5.41) is 0.